The number of nitrogens with one attached hydrogen (secondary N) is 1. The third-order valence-corrected chi connectivity index (χ3v) is 4.91. The SMILES string of the molecule is C[C@@H](Oc1cccc(Cl)c1)C(=O)Nc1ccc2c(N3CCOCC3)ncnc2c1. The molecule has 29 heavy (non-hydrogen) atoms. The van der Waals surface area contributed by atoms with Crippen molar-refractivity contribution in [3.05, 3.63) is 53.8 Å². The molecule has 3 aromatic rings. The first-order valence-corrected chi connectivity index (χ1v) is 9.78. The second-order valence-corrected chi connectivity index (χ2v) is 7.17. The summed E-state index contributed by atoms with van der Waals surface area (Å²) in [5.41, 5.74) is 1.42. The number of rotatable bonds is 5. The summed E-state index contributed by atoms with van der Waals surface area (Å²) in [4.78, 5) is 23.5. The highest BCUT2D eigenvalue weighted by atomic mass is 35.5. The molecule has 1 aliphatic rings. The van der Waals surface area contributed by atoms with Crippen LogP contribution in [0.5, 0.6) is 5.75 Å². The van der Waals surface area contributed by atoms with Crippen LogP contribution in [0.25, 0.3) is 10.9 Å². The van der Waals surface area contributed by atoms with Gasteiger partial charge in [-0.05, 0) is 43.3 Å². The summed E-state index contributed by atoms with van der Waals surface area (Å²) in [5, 5.41) is 4.37. The second kappa shape index (κ2) is 8.63. The lowest BCUT2D eigenvalue weighted by molar-refractivity contribution is -0.122. The average molecular weight is 413 g/mol. The highest BCUT2D eigenvalue weighted by molar-refractivity contribution is 6.30. The van der Waals surface area contributed by atoms with E-state index in [9.17, 15) is 4.79 Å². The van der Waals surface area contributed by atoms with Crippen molar-refractivity contribution in [3.8, 4) is 5.75 Å². The molecule has 0 spiro atoms. The minimum Gasteiger partial charge on any atom is -0.481 e. The Kier molecular flexibility index (Phi) is 5.78. The maximum Gasteiger partial charge on any atom is 0.265 e. The number of morpholine rings is 1. The Morgan fingerprint density at radius 2 is 2.03 bits per heavy atom. The van der Waals surface area contributed by atoms with E-state index in [1.165, 1.54) is 0 Å². The predicted molar refractivity (Wildman–Crippen MR) is 113 cm³/mol. The molecule has 8 heteroatoms. The maximum atomic E-state index is 12.5. The van der Waals surface area contributed by atoms with Gasteiger partial charge < -0.3 is 19.7 Å². The van der Waals surface area contributed by atoms with E-state index in [4.69, 9.17) is 21.1 Å². The van der Waals surface area contributed by atoms with Crippen molar-refractivity contribution < 1.29 is 14.3 Å². The molecule has 7 nitrogen and oxygen atoms in total. The molecule has 0 bridgehead atoms. The number of carbonyl (C=O) groups excluding carboxylic acids is 1. The molecule has 1 atom stereocenters. The fourth-order valence-corrected chi connectivity index (χ4v) is 3.37. The molecule has 2 aromatic carbocycles. The van der Waals surface area contributed by atoms with Crippen LogP contribution in [0.1, 0.15) is 6.92 Å². The normalized spacial score (nSPS) is 15.2. The van der Waals surface area contributed by atoms with Crippen LogP contribution in [-0.2, 0) is 9.53 Å². The van der Waals surface area contributed by atoms with Gasteiger partial charge >= 0.3 is 0 Å². The molecule has 0 aliphatic carbocycles. The molecule has 1 aromatic heterocycles. The monoisotopic (exact) mass is 412 g/mol. The molecule has 0 radical (unpaired) electrons. The predicted octanol–water partition coefficient (Wildman–Crippen LogP) is 3.53. The summed E-state index contributed by atoms with van der Waals surface area (Å²) in [5.74, 6) is 1.17. The quantitative estimate of drug-likeness (QED) is 0.690. The summed E-state index contributed by atoms with van der Waals surface area (Å²) in [7, 11) is 0. The third kappa shape index (κ3) is 4.58. The molecule has 150 valence electrons. The number of amides is 1. The number of anilines is 2. The minimum absolute atomic E-state index is 0.258. The third-order valence-electron chi connectivity index (χ3n) is 4.67. The van der Waals surface area contributed by atoms with E-state index in [0.717, 1.165) is 29.8 Å². The van der Waals surface area contributed by atoms with Gasteiger partial charge in [-0.25, -0.2) is 9.97 Å². The average Bonchev–Trinajstić information content (AvgIpc) is 2.73. The summed E-state index contributed by atoms with van der Waals surface area (Å²) in [6, 6.07) is 12.6. The van der Waals surface area contributed by atoms with E-state index in [-0.39, 0.29) is 5.91 Å². The van der Waals surface area contributed by atoms with Gasteiger partial charge in [0.05, 0.1) is 18.7 Å². The molecule has 1 fully saturated rings. The Hall–Kier alpha value is -2.90. The first-order valence-electron chi connectivity index (χ1n) is 9.41. The number of benzene rings is 2. The molecule has 1 amide bonds. The van der Waals surface area contributed by atoms with Crippen LogP contribution in [-0.4, -0.2) is 48.3 Å². The number of aromatic nitrogens is 2. The summed E-state index contributed by atoms with van der Waals surface area (Å²) >= 11 is 5.96. The molecule has 4 rings (SSSR count). The Morgan fingerprint density at radius 1 is 1.21 bits per heavy atom. The molecular weight excluding hydrogens is 392 g/mol. The van der Waals surface area contributed by atoms with Gasteiger partial charge in [-0.15, -0.1) is 0 Å². The Labute approximate surface area is 173 Å². The van der Waals surface area contributed by atoms with Crippen molar-refractivity contribution in [1.82, 2.24) is 9.97 Å². The van der Waals surface area contributed by atoms with Gasteiger partial charge in [0.25, 0.3) is 5.91 Å². The topological polar surface area (TPSA) is 76.6 Å². The Bertz CT molecular complexity index is 1020. The van der Waals surface area contributed by atoms with Crippen molar-refractivity contribution in [3.63, 3.8) is 0 Å². The van der Waals surface area contributed by atoms with Crippen LogP contribution < -0.4 is 15.0 Å². The van der Waals surface area contributed by atoms with Crippen molar-refractivity contribution in [1.29, 1.82) is 0 Å². The number of halogens is 1. The lowest BCUT2D eigenvalue weighted by Crippen LogP contribution is -2.36. The number of ether oxygens (including phenoxy) is 2. The number of hydrogen-bond acceptors (Lipinski definition) is 6. The summed E-state index contributed by atoms with van der Waals surface area (Å²) in [6.45, 7) is 4.65. The van der Waals surface area contributed by atoms with Crippen molar-refractivity contribution in [2.24, 2.45) is 0 Å². The van der Waals surface area contributed by atoms with Gasteiger partial charge in [0.15, 0.2) is 6.10 Å². The molecular formula is C21H21ClN4O3. The van der Waals surface area contributed by atoms with E-state index in [0.29, 0.717) is 29.7 Å². The van der Waals surface area contributed by atoms with E-state index < -0.39 is 6.10 Å². The van der Waals surface area contributed by atoms with E-state index in [1.807, 2.05) is 18.2 Å². The fourth-order valence-electron chi connectivity index (χ4n) is 3.19. The smallest absolute Gasteiger partial charge is 0.265 e. The lowest BCUT2D eigenvalue weighted by Gasteiger charge is -2.28. The van der Waals surface area contributed by atoms with E-state index in [1.54, 1.807) is 37.5 Å². The molecule has 1 saturated heterocycles. The minimum atomic E-state index is -0.682. The molecule has 0 unspecified atom stereocenters. The summed E-state index contributed by atoms with van der Waals surface area (Å²) in [6.07, 6.45) is 0.863. The molecule has 2 heterocycles. The van der Waals surface area contributed by atoms with Gasteiger partial charge in [0.2, 0.25) is 0 Å². The summed E-state index contributed by atoms with van der Waals surface area (Å²) < 4.78 is 11.1. The highest BCUT2D eigenvalue weighted by Gasteiger charge is 2.18. The number of nitrogens with zero attached hydrogens (tertiary/aromatic N) is 3. The van der Waals surface area contributed by atoms with Crippen LogP contribution in [0, 0.1) is 0 Å². The Balaban J connectivity index is 1.48. The molecule has 0 saturated carbocycles. The molecule has 1 N–H and O–H groups in total. The van der Waals surface area contributed by atoms with Gasteiger partial charge in [-0.2, -0.15) is 0 Å². The van der Waals surface area contributed by atoms with Crippen molar-refractivity contribution in [2.45, 2.75) is 13.0 Å². The van der Waals surface area contributed by atoms with Gasteiger partial charge in [0.1, 0.15) is 17.9 Å². The number of carbonyl (C=O) groups is 1. The van der Waals surface area contributed by atoms with Gasteiger partial charge in [0, 0.05) is 29.2 Å². The maximum absolute atomic E-state index is 12.5. The van der Waals surface area contributed by atoms with Gasteiger partial charge in [-0.1, -0.05) is 17.7 Å². The number of hydrogen-bond donors (Lipinski definition) is 1. The van der Waals surface area contributed by atoms with E-state index >= 15 is 0 Å². The Morgan fingerprint density at radius 3 is 2.83 bits per heavy atom. The highest BCUT2D eigenvalue weighted by Crippen LogP contribution is 2.26. The van der Waals surface area contributed by atoms with Crippen LogP contribution in [0.4, 0.5) is 11.5 Å². The lowest BCUT2D eigenvalue weighted by atomic mass is 10.2. The zero-order valence-electron chi connectivity index (χ0n) is 16.0. The zero-order chi connectivity index (χ0) is 20.2. The van der Waals surface area contributed by atoms with Crippen LogP contribution in [0.2, 0.25) is 5.02 Å². The first kappa shape index (κ1) is 19.4. The fraction of sp³-hybridized carbons (Fsp3) is 0.286. The first-order chi connectivity index (χ1) is 14.1. The van der Waals surface area contributed by atoms with Crippen LogP contribution >= 0.6 is 11.6 Å². The largest absolute Gasteiger partial charge is 0.481 e. The van der Waals surface area contributed by atoms with Crippen molar-refractivity contribution in [2.75, 3.05) is 36.5 Å². The second-order valence-electron chi connectivity index (χ2n) is 6.74. The number of fused-ring (bicyclic) bond motifs is 1. The zero-order valence-corrected chi connectivity index (χ0v) is 16.7. The van der Waals surface area contributed by atoms with Crippen LogP contribution in [0.3, 0.4) is 0 Å². The van der Waals surface area contributed by atoms with Gasteiger partial charge in [-0.3, -0.25) is 4.79 Å². The molecule has 1 aliphatic heterocycles. The van der Waals surface area contributed by atoms with E-state index in [2.05, 4.69) is 20.2 Å². The van der Waals surface area contributed by atoms with Crippen LogP contribution in [0.15, 0.2) is 48.8 Å². The van der Waals surface area contributed by atoms with Crippen molar-refractivity contribution >= 4 is 39.9 Å². The standard InChI is InChI=1S/C21H21ClN4O3/c1-14(29-17-4-2-3-15(22)11-17)21(27)25-16-5-6-18-19(12-16)23-13-24-20(18)26-7-9-28-10-8-26/h2-6,11-14H,7-10H2,1H3,(H,25,27)/t14-/m1/s1.